The maximum atomic E-state index is 8.70. The Balaban J connectivity index is 0. The van der Waals surface area contributed by atoms with E-state index in [1.54, 1.807) is 0 Å². The largest absolute Gasteiger partial charge is 0.692 e. The van der Waals surface area contributed by atoms with Gasteiger partial charge < -0.3 is 27.7 Å². The molecule has 0 saturated heterocycles. The summed E-state index contributed by atoms with van der Waals surface area (Å²) in [6, 6.07) is 0. The molecular weight excluding hydrogens is 199 g/mol. The molecule has 0 aliphatic heterocycles. The van der Waals surface area contributed by atoms with Crippen LogP contribution in [0.25, 0.3) is 0 Å². The van der Waals surface area contributed by atoms with E-state index in [0.717, 1.165) is 0 Å². The summed E-state index contributed by atoms with van der Waals surface area (Å²) in [6.07, 6.45) is -0.882. The molecule has 0 heterocycles. The highest BCUT2D eigenvalue weighted by Crippen LogP contribution is 1.98. The molecule has 0 spiro atoms. The Morgan fingerprint density at radius 3 is 1.46 bits per heavy atom. The molecule has 0 aromatic heterocycles. The topological polar surface area (TPSA) is 171 Å². The predicted octanol–water partition coefficient (Wildman–Crippen LogP) is -2.88. The normalized spacial score (nSPS) is 9.85. The Labute approximate surface area is 76.8 Å². The van der Waals surface area contributed by atoms with E-state index in [4.69, 9.17) is 42.0 Å². The highest BCUT2D eigenvalue weighted by Gasteiger charge is 1.95. The van der Waals surface area contributed by atoms with Gasteiger partial charge in [0.05, 0.1) is 25.5 Å². The minimum Gasteiger partial charge on any atom is -0.375 e. The van der Waals surface area contributed by atoms with E-state index in [9.17, 15) is 0 Å². The van der Waals surface area contributed by atoms with Crippen molar-refractivity contribution < 1.29 is 19.1 Å². The maximum Gasteiger partial charge on any atom is 0.692 e. The zero-order valence-electron chi connectivity index (χ0n) is 7.04. The summed E-state index contributed by atoms with van der Waals surface area (Å²) in [4.78, 5) is 14.2. The van der Waals surface area contributed by atoms with E-state index < -0.39 is 20.6 Å². The molecule has 0 aromatic rings. The highest BCUT2D eigenvalue weighted by molar-refractivity contribution is 7.30. The summed E-state index contributed by atoms with van der Waals surface area (Å²) in [5.74, 6) is 0. The van der Waals surface area contributed by atoms with Crippen LogP contribution in [0.15, 0.2) is 0 Å². The van der Waals surface area contributed by atoms with Gasteiger partial charge in [-0.3, -0.25) is 0 Å². The Morgan fingerprint density at radius 2 is 1.31 bits per heavy atom. The van der Waals surface area contributed by atoms with Crippen molar-refractivity contribution in [1.82, 2.24) is 0 Å². The average Bonchev–Trinajstić information content (AvgIpc) is 1.83. The van der Waals surface area contributed by atoms with E-state index in [-0.39, 0.29) is 0 Å². The second kappa shape index (κ2) is 9.90. The molecule has 0 rings (SSSR count). The van der Waals surface area contributed by atoms with Gasteiger partial charge >= 0.3 is 8.25 Å². The smallest absolute Gasteiger partial charge is 0.375 e. The lowest BCUT2D eigenvalue weighted by Gasteiger charge is -2.08. The van der Waals surface area contributed by atoms with Crippen LogP contribution in [0.3, 0.4) is 0 Å². The Hall–Kier alpha value is -0.180. The van der Waals surface area contributed by atoms with E-state index in [1.165, 1.54) is 0 Å². The van der Waals surface area contributed by atoms with E-state index in [1.807, 2.05) is 0 Å². The van der Waals surface area contributed by atoms with Gasteiger partial charge in [0.1, 0.15) is 0 Å². The van der Waals surface area contributed by atoms with Gasteiger partial charge in [-0.1, -0.05) is 0 Å². The molecule has 9 heteroatoms. The second-order valence-corrected chi connectivity index (χ2v) is 2.62. The molecule has 10 N–H and O–H groups in total. The highest BCUT2D eigenvalue weighted by atomic mass is 31.1. The number of nitrogens with two attached hydrogens (primary N) is 4. The van der Waals surface area contributed by atoms with Gasteiger partial charge in [-0.25, -0.2) is 0 Å². The van der Waals surface area contributed by atoms with Crippen molar-refractivity contribution >= 4 is 8.25 Å². The zero-order chi connectivity index (χ0) is 10.9. The lowest BCUT2D eigenvalue weighted by atomic mass is 10.5. The van der Waals surface area contributed by atoms with Gasteiger partial charge in [-0.2, -0.15) is 0 Å². The van der Waals surface area contributed by atoms with Crippen LogP contribution >= 0.6 is 8.25 Å². The fraction of sp³-hybridized carbons (Fsp3) is 1.00. The molecule has 0 unspecified atom stereocenters. The predicted molar refractivity (Wildman–Crippen MR) is 47.2 cm³/mol. The standard InChI is InChI=1S/C4H14N4O.HO3P/c5-3(6)1-9-2-4(7)8;1-4(2)3/h3-4H,1-2,5-8H2;(H-,1,2,3)/p+1. The SMILES string of the molecule is NC(N)COCC(N)N.O=[P+](O)O. The van der Waals surface area contributed by atoms with Crippen LogP contribution in [-0.2, 0) is 9.30 Å². The molecule has 0 radical (unpaired) electrons. The molecule has 8 nitrogen and oxygen atoms in total. The molecule has 80 valence electrons. The second-order valence-electron chi connectivity index (χ2n) is 2.12. The first-order chi connectivity index (χ1) is 5.86. The van der Waals surface area contributed by atoms with Crippen molar-refractivity contribution in [3.63, 3.8) is 0 Å². The monoisotopic (exact) mass is 215 g/mol. The van der Waals surface area contributed by atoms with Crippen molar-refractivity contribution in [2.24, 2.45) is 22.9 Å². The fourth-order valence-electron chi connectivity index (χ4n) is 0.340. The Kier molecular flexibility index (Phi) is 11.7. The quantitative estimate of drug-likeness (QED) is 0.214. The molecule has 0 amide bonds. The van der Waals surface area contributed by atoms with Crippen molar-refractivity contribution in [3.05, 3.63) is 0 Å². The van der Waals surface area contributed by atoms with Gasteiger partial charge in [0.2, 0.25) is 0 Å². The molecule has 0 saturated carbocycles. The van der Waals surface area contributed by atoms with Crippen LogP contribution in [-0.4, -0.2) is 35.3 Å². The van der Waals surface area contributed by atoms with Crippen molar-refractivity contribution in [1.29, 1.82) is 0 Å². The van der Waals surface area contributed by atoms with Gasteiger partial charge in [0.25, 0.3) is 0 Å². The molecule has 0 atom stereocenters. The van der Waals surface area contributed by atoms with Crippen LogP contribution < -0.4 is 22.9 Å². The first kappa shape index (κ1) is 15.3. The fourth-order valence-corrected chi connectivity index (χ4v) is 0.340. The van der Waals surface area contributed by atoms with E-state index >= 15 is 0 Å². The van der Waals surface area contributed by atoms with E-state index in [0.29, 0.717) is 13.2 Å². The van der Waals surface area contributed by atoms with Crippen LogP contribution in [0.1, 0.15) is 0 Å². The minimum atomic E-state index is -2.87. The minimum absolute atomic E-state index is 0.297. The molecule has 0 fully saturated rings. The number of rotatable bonds is 4. The van der Waals surface area contributed by atoms with Crippen molar-refractivity contribution in [2.45, 2.75) is 12.3 Å². The van der Waals surface area contributed by atoms with Gasteiger partial charge in [-0.15, -0.1) is 9.79 Å². The number of hydrogen-bond acceptors (Lipinski definition) is 6. The van der Waals surface area contributed by atoms with Crippen LogP contribution in [0.5, 0.6) is 0 Å². The lowest BCUT2D eigenvalue weighted by Crippen LogP contribution is -2.40. The zero-order valence-corrected chi connectivity index (χ0v) is 7.93. The van der Waals surface area contributed by atoms with Crippen LogP contribution in [0, 0.1) is 0 Å². The van der Waals surface area contributed by atoms with Gasteiger partial charge in [-0.05, 0) is 0 Å². The van der Waals surface area contributed by atoms with E-state index in [2.05, 4.69) is 0 Å². The molecule has 0 bridgehead atoms. The molecule has 0 aromatic carbocycles. The number of ether oxygens (including phenoxy) is 1. The first-order valence-electron chi connectivity index (χ1n) is 3.31. The first-order valence-corrected chi connectivity index (χ1v) is 4.47. The molecular formula is C4H16N4O4P+. The van der Waals surface area contributed by atoms with Gasteiger partial charge in [0, 0.05) is 4.57 Å². The maximum absolute atomic E-state index is 8.70. The summed E-state index contributed by atoms with van der Waals surface area (Å²) in [5, 5.41) is 0. The third-order valence-electron chi connectivity index (χ3n) is 0.621. The van der Waals surface area contributed by atoms with Crippen molar-refractivity contribution in [3.8, 4) is 0 Å². The lowest BCUT2D eigenvalue weighted by molar-refractivity contribution is 0.111. The molecule has 0 aliphatic rings. The summed E-state index contributed by atoms with van der Waals surface area (Å²) in [5.41, 5.74) is 20.6. The summed E-state index contributed by atoms with van der Waals surface area (Å²) >= 11 is 0. The van der Waals surface area contributed by atoms with Gasteiger partial charge in [0.15, 0.2) is 0 Å². The summed E-state index contributed by atoms with van der Waals surface area (Å²) in [6.45, 7) is 0.593. The Morgan fingerprint density at radius 1 is 1.08 bits per heavy atom. The Bertz CT molecular complexity index is 121. The average molecular weight is 215 g/mol. The molecule has 13 heavy (non-hydrogen) atoms. The van der Waals surface area contributed by atoms with Crippen molar-refractivity contribution in [2.75, 3.05) is 13.2 Å². The van der Waals surface area contributed by atoms with Crippen LogP contribution in [0.4, 0.5) is 0 Å². The van der Waals surface area contributed by atoms with Crippen LogP contribution in [0.2, 0.25) is 0 Å². The third-order valence-corrected chi connectivity index (χ3v) is 0.621. The molecule has 0 aliphatic carbocycles. The number of hydrogen-bond donors (Lipinski definition) is 6. The summed E-state index contributed by atoms with van der Waals surface area (Å²) in [7, 11) is -2.87. The summed E-state index contributed by atoms with van der Waals surface area (Å²) < 4.78 is 13.6. The third kappa shape index (κ3) is 33.7.